The number of nitro groups is 1. The van der Waals surface area contributed by atoms with Gasteiger partial charge in [0.25, 0.3) is 5.69 Å². The van der Waals surface area contributed by atoms with Crippen LogP contribution in [0.15, 0.2) is 42.7 Å². The van der Waals surface area contributed by atoms with Crippen LogP contribution in [-0.4, -0.2) is 32.3 Å². The number of hydrogen-bond donors (Lipinski definition) is 2. The number of nitrogens with zero attached hydrogens (tertiary/aromatic N) is 3. The molecular formula is C16H18N4O4. The summed E-state index contributed by atoms with van der Waals surface area (Å²) in [4.78, 5) is 21.9. The van der Waals surface area contributed by atoms with E-state index in [1.807, 2.05) is 0 Å². The van der Waals surface area contributed by atoms with Gasteiger partial charge in [0, 0.05) is 37.0 Å². The Morgan fingerprint density at radius 1 is 1.46 bits per heavy atom. The minimum absolute atomic E-state index is 0.0101. The van der Waals surface area contributed by atoms with Crippen molar-refractivity contribution < 1.29 is 14.8 Å². The largest absolute Gasteiger partial charge is 0.383 e. The molecule has 1 aromatic heterocycles. The SMILES string of the molecule is Cn1cc([C@](C)(O)CNC(=O)/C=C/c2ccc([N+](=O)[O-])cc2)cn1. The van der Waals surface area contributed by atoms with Gasteiger partial charge < -0.3 is 10.4 Å². The lowest BCUT2D eigenvalue weighted by Crippen LogP contribution is -2.37. The van der Waals surface area contributed by atoms with E-state index in [0.717, 1.165) is 0 Å². The maximum atomic E-state index is 11.8. The van der Waals surface area contributed by atoms with Crippen molar-refractivity contribution in [3.05, 3.63) is 64.0 Å². The van der Waals surface area contributed by atoms with Crippen molar-refractivity contribution >= 4 is 17.7 Å². The highest BCUT2D eigenvalue weighted by molar-refractivity contribution is 5.91. The lowest BCUT2D eigenvalue weighted by Gasteiger charge is -2.21. The van der Waals surface area contributed by atoms with Gasteiger partial charge in [0.05, 0.1) is 17.7 Å². The van der Waals surface area contributed by atoms with E-state index in [9.17, 15) is 20.0 Å². The molecule has 0 saturated heterocycles. The zero-order valence-corrected chi connectivity index (χ0v) is 13.3. The predicted octanol–water partition coefficient (Wildman–Crippen LogP) is 1.37. The van der Waals surface area contributed by atoms with Gasteiger partial charge in [-0.05, 0) is 30.7 Å². The maximum absolute atomic E-state index is 11.8. The second-order valence-corrected chi connectivity index (χ2v) is 5.58. The van der Waals surface area contributed by atoms with Gasteiger partial charge in [0.1, 0.15) is 5.60 Å². The quantitative estimate of drug-likeness (QED) is 0.472. The van der Waals surface area contributed by atoms with E-state index in [-0.39, 0.29) is 18.1 Å². The number of rotatable bonds is 6. The van der Waals surface area contributed by atoms with Gasteiger partial charge in [-0.3, -0.25) is 19.6 Å². The molecule has 0 unspecified atom stereocenters. The number of hydrogen-bond acceptors (Lipinski definition) is 5. The highest BCUT2D eigenvalue weighted by Crippen LogP contribution is 2.18. The number of aryl methyl sites for hydroxylation is 1. The molecule has 8 nitrogen and oxygen atoms in total. The molecule has 24 heavy (non-hydrogen) atoms. The van der Waals surface area contributed by atoms with Crippen molar-refractivity contribution in [3.63, 3.8) is 0 Å². The number of aliphatic hydroxyl groups is 1. The highest BCUT2D eigenvalue weighted by Gasteiger charge is 2.24. The average Bonchev–Trinajstić information content (AvgIpc) is 2.99. The van der Waals surface area contributed by atoms with Crippen molar-refractivity contribution in [2.24, 2.45) is 7.05 Å². The lowest BCUT2D eigenvalue weighted by atomic mass is 10.00. The van der Waals surface area contributed by atoms with Crippen molar-refractivity contribution in [1.29, 1.82) is 0 Å². The minimum Gasteiger partial charge on any atom is -0.383 e. The van der Waals surface area contributed by atoms with Crippen LogP contribution in [0, 0.1) is 10.1 Å². The molecule has 0 aliphatic heterocycles. The van der Waals surface area contributed by atoms with E-state index in [2.05, 4.69) is 10.4 Å². The van der Waals surface area contributed by atoms with Gasteiger partial charge in [0.15, 0.2) is 0 Å². The first-order valence-corrected chi connectivity index (χ1v) is 7.20. The molecule has 0 bridgehead atoms. The zero-order chi connectivity index (χ0) is 17.7. The van der Waals surface area contributed by atoms with Crippen LogP contribution in [0.25, 0.3) is 6.08 Å². The number of amides is 1. The van der Waals surface area contributed by atoms with E-state index < -0.39 is 10.5 Å². The monoisotopic (exact) mass is 330 g/mol. The lowest BCUT2D eigenvalue weighted by molar-refractivity contribution is -0.384. The van der Waals surface area contributed by atoms with Crippen LogP contribution in [0.5, 0.6) is 0 Å². The molecule has 0 fully saturated rings. The van der Waals surface area contributed by atoms with E-state index in [1.165, 1.54) is 24.3 Å². The molecule has 126 valence electrons. The minimum atomic E-state index is -1.23. The third kappa shape index (κ3) is 4.50. The second kappa shape index (κ2) is 7.05. The first-order valence-electron chi connectivity index (χ1n) is 7.20. The zero-order valence-electron chi connectivity index (χ0n) is 13.3. The van der Waals surface area contributed by atoms with Gasteiger partial charge >= 0.3 is 0 Å². The van der Waals surface area contributed by atoms with Crippen LogP contribution in [0.1, 0.15) is 18.1 Å². The van der Waals surface area contributed by atoms with Gasteiger partial charge in [-0.1, -0.05) is 0 Å². The number of carbonyl (C=O) groups is 1. The molecule has 0 saturated carbocycles. The van der Waals surface area contributed by atoms with Crippen molar-refractivity contribution in [1.82, 2.24) is 15.1 Å². The van der Waals surface area contributed by atoms with Gasteiger partial charge in [-0.15, -0.1) is 0 Å². The Hall–Kier alpha value is -3.00. The summed E-state index contributed by atoms with van der Waals surface area (Å²) in [5, 5.41) is 27.5. The highest BCUT2D eigenvalue weighted by atomic mass is 16.6. The molecule has 1 amide bonds. The molecule has 1 heterocycles. The maximum Gasteiger partial charge on any atom is 0.269 e. The Bertz CT molecular complexity index is 763. The van der Waals surface area contributed by atoms with Crippen LogP contribution >= 0.6 is 0 Å². The van der Waals surface area contributed by atoms with E-state index in [4.69, 9.17) is 0 Å². The molecule has 8 heteroatoms. The van der Waals surface area contributed by atoms with Crippen LogP contribution in [-0.2, 0) is 17.4 Å². The number of aromatic nitrogens is 2. The average molecular weight is 330 g/mol. The third-order valence-corrected chi connectivity index (χ3v) is 3.46. The summed E-state index contributed by atoms with van der Waals surface area (Å²) < 4.78 is 1.57. The van der Waals surface area contributed by atoms with E-state index >= 15 is 0 Å². The first kappa shape index (κ1) is 17.4. The first-order chi connectivity index (χ1) is 11.3. The number of nitrogens with one attached hydrogen (secondary N) is 1. The molecule has 0 aliphatic rings. The Morgan fingerprint density at radius 3 is 2.67 bits per heavy atom. The summed E-state index contributed by atoms with van der Waals surface area (Å²) in [5.74, 6) is -0.377. The third-order valence-electron chi connectivity index (χ3n) is 3.46. The summed E-state index contributed by atoms with van der Waals surface area (Å²) in [5.41, 5.74) is 0.0222. The summed E-state index contributed by atoms with van der Waals surface area (Å²) in [6.07, 6.45) is 6.07. The number of nitro benzene ring substituents is 1. The Morgan fingerprint density at radius 2 is 2.12 bits per heavy atom. The molecule has 1 aromatic carbocycles. The number of benzene rings is 1. The summed E-state index contributed by atoms with van der Waals surface area (Å²) >= 11 is 0. The van der Waals surface area contributed by atoms with Gasteiger partial charge in [-0.25, -0.2) is 0 Å². The number of carbonyl (C=O) groups excluding carboxylic acids is 1. The molecule has 0 spiro atoms. The molecule has 0 aliphatic carbocycles. The van der Waals surface area contributed by atoms with Crippen molar-refractivity contribution in [3.8, 4) is 0 Å². The van der Waals surface area contributed by atoms with Gasteiger partial charge in [0.2, 0.25) is 5.91 Å². The van der Waals surface area contributed by atoms with Crippen LogP contribution in [0.3, 0.4) is 0 Å². The van der Waals surface area contributed by atoms with Crippen molar-refractivity contribution in [2.45, 2.75) is 12.5 Å². The fourth-order valence-electron chi connectivity index (χ4n) is 2.00. The topological polar surface area (TPSA) is 110 Å². The van der Waals surface area contributed by atoms with E-state index in [0.29, 0.717) is 11.1 Å². The molecule has 0 radical (unpaired) electrons. The Kier molecular flexibility index (Phi) is 5.10. The van der Waals surface area contributed by atoms with Gasteiger partial charge in [-0.2, -0.15) is 5.10 Å². The molecule has 2 aromatic rings. The Balaban J connectivity index is 1.91. The second-order valence-electron chi connectivity index (χ2n) is 5.58. The van der Waals surface area contributed by atoms with Crippen LogP contribution in [0.2, 0.25) is 0 Å². The van der Waals surface area contributed by atoms with Crippen LogP contribution in [0.4, 0.5) is 5.69 Å². The normalized spacial score (nSPS) is 13.6. The molecular weight excluding hydrogens is 312 g/mol. The summed E-state index contributed by atoms with van der Waals surface area (Å²) in [7, 11) is 1.74. The Labute approximate surface area is 138 Å². The summed E-state index contributed by atoms with van der Waals surface area (Å²) in [6.45, 7) is 1.62. The van der Waals surface area contributed by atoms with Crippen LogP contribution < -0.4 is 5.32 Å². The fourth-order valence-corrected chi connectivity index (χ4v) is 2.00. The number of non-ortho nitro benzene ring substituents is 1. The molecule has 2 rings (SSSR count). The summed E-state index contributed by atoms with van der Waals surface area (Å²) in [6, 6.07) is 5.83. The molecule has 2 N–H and O–H groups in total. The van der Waals surface area contributed by atoms with E-state index in [1.54, 1.807) is 43.2 Å². The predicted molar refractivity (Wildman–Crippen MR) is 87.9 cm³/mol. The van der Waals surface area contributed by atoms with Crippen molar-refractivity contribution in [2.75, 3.05) is 6.54 Å². The fraction of sp³-hybridized carbons (Fsp3) is 0.250. The smallest absolute Gasteiger partial charge is 0.269 e. The standard InChI is InChI=1S/C16H18N4O4/c1-16(22,13-9-18-19(2)10-13)11-17-15(21)8-5-12-3-6-14(7-4-12)20(23)24/h3-10,22H,11H2,1-2H3,(H,17,21)/b8-5+/t16-/m1/s1. The molecule has 1 atom stereocenters.